The average Bonchev–Trinajstić information content (AvgIpc) is 3.45. The molecular weight excluding hydrogens is 973 g/mol. The second-order valence-corrected chi connectivity index (χ2v) is 23.1. The zero-order chi connectivity index (χ0) is 57.1. The van der Waals surface area contributed by atoms with E-state index in [0.29, 0.717) is 19.3 Å². The molecule has 0 bridgehead atoms. The highest BCUT2D eigenvalue weighted by Gasteiger charge is 2.19. The van der Waals surface area contributed by atoms with Crippen LogP contribution < -0.4 is 0 Å². The van der Waals surface area contributed by atoms with Crippen molar-refractivity contribution in [3.8, 4) is 0 Å². The molecule has 0 saturated heterocycles. The van der Waals surface area contributed by atoms with Crippen molar-refractivity contribution in [2.75, 3.05) is 13.2 Å². The van der Waals surface area contributed by atoms with Gasteiger partial charge in [-0.05, 0) is 83.5 Å². The fraction of sp³-hybridized carbons (Fsp3) is 0.795. The van der Waals surface area contributed by atoms with Gasteiger partial charge in [0.25, 0.3) is 0 Å². The summed E-state index contributed by atoms with van der Waals surface area (Å²) in [5.74, 6) is -0.895. The van der Waals surface area contributed by atoms with Crippen LogP contribution in [0.25, 0.3) is 0 Å². The molecule has 0 rings (SSSR count). The fourth-order valence-corrected chi connectivity index (χ4v) is 10.1. The Bertz CT molecular complexity index is 1450. The quantitative estimate of drug-likeness (QED) is 0.0261. The maximum Gasteiger partial charge on any atom is 0.306 e. The molecule has 0 radical (unpaired) electrons. The molecule has 1 atom stereocenters. The van der Waals surface area contributed by atoms with Crippen LogP contribution in [0.15, 0.2) is 72.9 Å². The van der Waals surface area contributed by atoms with Gasteiger partial charge in [-0.1, -0.05) is 325 Å². The van der Waals surface area contributed by atoms with Gasteiger partial charge >= 0.3 is 17.9 Å². The maximum atomic E-state index is 12.9. The second kappa shape index (κ2) is 67.4. The molecule has 0 amide bonds. The smallest absolute Gasteiger partial charge is 0.306 e. The zero-order valence-corrected chi connectivity index (χ0v) is 52.6. The number of unbranched alkanes of at least 4 members (excludes halogenated alkanes) is 40. The third-order valence-corrected chi connectivity index (χ3v) is 15.2. The van der Waals surface area contributed by atoms with E-state index in [1.54, 1.807) is 0 Å². The first kappa shape index (κ1) is 75.8. The minimum absolute atomic E-state index is 0.0832. The number of ether oxygens (including phenoxy) is 3. The van der Waals surface area contributed by atoms with Crippen molar-refractivity contribution >= 4 is 17.9 Å². The van der Waals surface area contributed by atoms with Gasteiger partial charge in [0.15, 0.2) is 6.10 Å². The molecule has 458 valence electrons. The molecule has 0 spiro atoms. The van der Waals surface area contributed by atoms with E-state index in [2.05, 4.69) is 93.7 Å². The minimum Gasteiger partial charge on any atom is -0.462 e. The Morgan fingerprint density at radius 1 is 0.266 bits per heavy atom. The zero-order valence-electron chi connectivity index (χ0n) is 52.6. The molecule has 0 saturated carbocycles. The summed E-state index contributed by atoms with van der Waals surface area (Å²) in [6.07, 6.45) is 88.0. The van der Waals surface area contributed by atoms with Gasteiger partial charge < -0.3 is 14.2 Å². The molecule has 0 N–H and O–H groups in total. The number of hydrogen-bond donors (Lipinski definition) is 0. The van der Waals surface area contributed by atoms with Crippen LogP contribution in [0.3, 0.4) is 0 Å². The van der Waals surface area contributed by atoms with Crippen molar-refractivity contribution in [3.63, 3.8) is 0 Å². The first-order chi connectivity index (χ1) is 39.0. The van der Waals surface area contributed by atoms with E-state index in [0.717, 1.165) is 122 Å². The molecule has 0 fully saturated rings. The number of esters is 3. The molecule has 0 aliphatic rings. The Kier molecular flexibility index (Phi) is 64.7. The summed E-state index contributed by atoms with van der Waals surface area (Å²) in [6.45, 7) is 6.49. The van der Waals surface area contributed by atoms with E-state index < -0.39 is 6.10 Å². The minimum atomic E-state index is -0.789. The van der Waals surface area contributed by atoms with Gasteiger partial charge in [0.2, 0.25) is 0 Å². The molecule has 6 nitrogen and oxygen atoms in total. The molecule has 0 aromatic heterocycles. The number of carbonyl (C=O) groups is 3. The SMILES string of the molecule is CC/C=C\C/C=C\C/C=C\C/C=C\CCCCCCCCC(=O)OC(COC(=O)CCCCCCC/C=C\C/C=C\CCC)COC(=O)CCCCCCCCCCCCCCCCCCCCCCCCCCCCCCC. The van der Waals surface area contributed by atoms with E-state index in [-0.39, 0.29) is 31.1 Å². The van der Waals surface area contributed by atoms with Crippen LogP contribution in [-0.4, -0.2) is 37.2 Å². The normalized spacial score (nSPS) is 12.5. The van der Waals surface area contributed by atoms with Crippen molar-refractivity contribution in [1.29, 1.82) is 0 Å². The maximum absolute atomic E-state index is 12.9. The van der Waals surface area contributed by atoms with Gasteiger partial charge in [-0.15, -0.1) is 0 Å². The molecule has 0 aliphatic heterocycles. The molecule has 1 unspecified atom stereocenters. The topological polar surface area (TPSA) is 78.9 Å². The second-order valence-electron chi connectivity index (χ2n) is 23.1. The first-order valence-electron chi connectivity index (χ1n) is 34.4. The molecular formula is C73H130O6. The van der Waals surface area contributed by atoms with Crippen LogP contribution in [-0.2, 0) is 28.6 Å². The van der Waals surface area contributed by atoms with Gasteiger partial charge in [-0.3, -0.25) is 14.4 Å². The summed E-state index contributed by atoms with van der Waals surface area (Å²) >= 11 is 0. The predicted octanol–water partition coefficient (Wildman–Crippen LogP) is 23.7. The van der Waals surface area contributed by atoms with E-state index >= 15 is 0 Å². The lowest BCUT2D eigenvalue weighted by molar-refractivity contribution is -0.167. The molecule has 0 aliphatic carbocycles. The van der Waals surface area contributed by atoms with Crippen LogP contribution in [0.4, 0.5) is 0 Å². The van der Waals surface area contributed by atoms with Crippen LogP contribution in [0.1, 0.15) is 355 Å². The summed E-state index contributed by atoms with van der Waals surface area (Å²) in [7, 11) is 0. The Hall–Kier alpha value is -3.15. The summed E-state index contributed by atoms with van der Waals surface area (Å²) in [5, 5.41) is 0. The standard InChI is InChI=1S/C73H130O6/c1-4-7-10-13-16-19-22-25-27-29-31-32-33-34-35-36-37-38-39-40-42-43-45-48-51-54-57-60-63-66-72(75)78-69-70(68-77-71(74)65-62-59-56-53-50-47-24-21-18-15-12-9-6-3)79-73(76)67-64-61-58-55-52-49-46-44-41-30-28-26-23-20-17-14-11-8-5-2/h8,11-12,15,17,20-21,24,26,28,41,44,70H,4-7,9-10,13-14,16,18-19,22-23,25,27,29-40,42-43,45-69H2,1-3H3/b11-8-,15-12-,20-17-,24-21-,28-26-,44-41-. The van der Waals surface area contributed by atoms with Crippen molar-refractivity contribution in [2.24, 2.45) is 0 Å². The fourth-order valence-electron chi connectivity index (χ4n) is 10.1. The number of allylic oxidation sites excluding steroid dienone is 12. The Morgan fingerprint density at radius 2 is 0.519 bits per heavy atom. The Morgan fingerprint density at radius 3 is 0.823 bits per heavy atom. The Balaban J connectivity index is 4.22. The lowest BCUT2D eigenvalue weighted by Gasteiger charge is -2.18. The largest absolute Gasteiger partial charge is 0.462 e. The third-order valence-electron chi connectivity index (χ3n) is 15.2. The average molecular weight is 1100 g/mol. The van der Waals surface area contributed by atoms with E-state index in [1.807, 2.05) is 0 Å². The van der Waals surface area contributed by atoms with Crippen LogP contribution in [0.5, 0.6) is 0 Å². The van der Waals surface area contributed by atoms with Crippen LogP contribution in [0.2, 0.25) is 0 Å². The summed E-state index contributed by atoms with van der Waals surface area (Å²) in [6, 6.07) is 0. The lowest BCUT2D eigenvalue weighted by Crippen LogP contribution is -2.30. The highest BCUT2D eigenvalue weighted by Crippen LogP contribution is 2.18. The lowest BCUT2D eigenvalue weighted by atomic mass is 10.0. The van der Waals surface area contributed by atoms with Gasteiger partial charge in [-0.2, -0.15) is 0 Å². The molecule has 0 aromatic carbocycles. The summed E-state index contributed by atoms with van der Waals surface area (Å²) in [5.41, 5.74) is 0. The first-order valence-corrected chi connectivity index (χ1v) is 34.4. The highest BCUT2D eigenvalue weighted by molar-refractivity contribution is 5.71. The molecule has 79 heavy (non-hydrogen) atoms. The summed E-state index contributed by atoms with van der Waals surface area (Å²) < 4.78 is 16.9. The highest BCUT2D eigenvalue weighted by atomic mass is 16.6. The third kappa shape index (κ3) is 65.5. The van der Waals surface area contributed by atoms with Crippen molar-refractivity contribution in [1.82, 2.24) is 0 Å². The number of carbonyl (C=O) groups excluding carboxylic acids is 3. The molecule has 0 aromatic rings. The van der Waals surface area contributed by atoms with Crippen molar-refractivity contribution in [2.45, 2.75) is 361 Å². The monoisotopic (exact) mass is 1100 g/mol. The van der Waals surface area contributed by atoms with E-state index in [4.69, 9.17) is 14.2 Å². The van der Waals surface area contributed by atoms with E-state index in [1.165, 1.54) is 193 Å². The Labute approximate surface area is 491 Å². The number of rotatable bonds is 63. The molecule has 0 heterocycles. The predicted molar refractivity (Wildman–Crippen MR) is 344 cm³/mol. The van der Waals surface area contributed by atoms with Gasteiger partial charge in [0, 0.05) is 19.3 Å². The van der Waals surface area contributed by atoms with Gasteiger partial charge in [0.1, 0.15) is 13.2 Å². The van der Waals surface area contributed by atoms with Crippen LogP contribution >= 0.6 is 0 Å². The van der Waals surface area contributed by atoms with Gasteiger partial charge in [-0.25, -0.2) is 0 Å². The van der Waals surface area contributed by atoms with Crippen molar-refractivity contribution in [3.05, 3.63) is 72.9 Å². The van der Waals surface area contributed by atoms with Crippen molar-refractivity contribution < 1.29 is 28.6 Å². The van der Waals surface area contributed by atoms with E-state index in [9.17, 15) is 14.4 Å². The summed E-state index contributed by atoms with van der Waals surface area (Å²) in [4.78, 5) is 38.3. The van der Waals surface area contributed by atoms with Crippen LogP contribution in [0, 0.1) is 0 Å². The number of hydrogen-bond acceptors (Lipinski definition) is 6. The molecule has 6 heteroatoms. The van der Waals surface area contributed by atoms with Gasteiger partial charge in [0.05, 0.1) is 0 Å².